The second-order valence-electron chi connectivity index (χ2n) is 6.54. The Morgan fingerprint density at radius 1 is 1.08 bits per heavy atom. The van der Waals surface area contributed by atoms with Gasteiger partial charge in [-0.3, -0.25) is 0 Å². The zero-order chi connectivity index (χ0) is 17.2. The molecule has 1 N–H and O–H groups in total. The van der Waals surface area contributed by atoms with Crippen LogP contribution in [0.4, 0.5) is 5.82 Å². The van der Waals surface area contributed by atoms with Crippen LogP contribution in [0.1, 0.15) is 17.7 Å². The molecule has 1 aliphatic heterocycles. The summed E-state index contributed by atoms with van der Waals surface area (Å²) >= 11 is 5.99. The van der Waals surface area contributed by atoms with Crippen LogP contribution in [0.15, 0.2) is 48.5 Å². The van der Waals surface area contributed by atoms with E-state index in [4.69, 9.17) is 11.6 Å². The van der Waals surface area contributed by atoms with Crippen LogP contribution in [0.2, 0.25) is 5.02 Å². The van der Waals surface area contributed by atoms with Crippen LogP contribution >= 0.6 is 11.6 Å². The molecule has 4 nitrogen and oxygen atoms in total. The number of anilines is 1. The molecule has 0 amide bonds. The fourth-order valence-electron chi connectivity index (χ4n) is 3.49. The molecular weight excluding hydrogens is 332 g/mol. The highest BCUT2D eigenvalue weighted by atomic mass is 35.5. The number of rotatable bonds is 4. The molecule has 1 aromatic heterocycles. The zero-order valence-corrected chi connectivity index (χ0v) is 15.0. The molecule has 4 rings (SSSR count). The molecule has 2 aromatic carbocycles. The van der Waals surface area contributed by atoms with E-state index in [0.29, 0.717) is 6.04 Å². The Labute approximate surface area is 152 Å². The van der Waals surface area contributed by atoms with Crippen LogP contribution < -0.4 is 10.2 Å². The molecule has 1 saturated heterocycles. The molecule has 0 saturated carbocycles. The fourth-order valence-corrected chi connectivity index (χ4v) is 3.62. The van der Waals surface area contributed by atoms with Crippen LogP contribution in [-0.2, 0) is 6.42 Å². The van der Waals surface area contributed by atoms with Crippen LogP contribution in [0, 0.1) is 0 Å². The highest BCUT2D eigenvalue weighted by Gasteiger charge is 2.24. The number of hydrogen-bond acceptors (Lipinski definition) is 4. The molecule has 25 heavy (non-hydrogen) atoms. The predicted octanol–water partition coefficient (Wildman–Crippen LogP) is 3.67. The first-order valence-corrected chi connectivity index (χ1v) is 9.03. The van der Waals surface area contributed by atoms with Gasteiger partial charge in [-0.2, -0.15) is 5.10 Å². The van der Waals surface area contributed by atoms with E-state index < -0.39 is 0 Å². The number of aromatic nitrogens is 2. The second-order valence-corrected chi connectivity index (χ2v) is 6.98. The van der Waals surface area contributed by atoms with Gasteiger partial charge in [-0.25, -0.2) is 0 Å². The smallest absolute Gasteiger partial charge is 0.159 e. The van der Waals surface area contributed by atoms with Gasteiger partial charge in [0.15, 0.2) is 5.82 Å². The lowest BCUT2D eigenvalue weighted by atomic mass is 10.0. The van der Waals surface area contributed by atoms with Crippen molar-refractivity contribution in [2.45, 2.75) is 18.9 Å². The first kappa shape index (κ1) is 16.3. The van der Waals surface area contributed by atoms with E-state index in [9.17, 15) is 0 Å². The van der Waals surface area contributed by atoms with E-state index in [0.717, 1.165) is 42.5 Å². The van der Waals surface area contributed by atoms with Crippen molar-refractivity contribution in [3.05, 3.63) is 64.8 Å². The minimum atomic E-state index is 0.523. The predicted molar refractivity (Wildman–Crippen MR) is 103 cm³/mol. The Kier molecular flexibility index (Phi) is 4.55. The van der Waals surface area contributed by atoms with Crippen LogP contribution in [0.3, 0.4) is 0 Å². The topological polar surface area (TPSA) is 41.0 Å². The van der Waals surface area contributed by atoms with Crippen LogP contribution in [0.5, 0.6) is 0 Å². The summed E-state index contributed by atoms with van der Waals surface area (Å²) in [6.07, 6.45) is 1.89. The van der Waals surface area contributed by atoms with Gasteiger partial charge >= 0.3 is 0 Å². The lowest BCUT2D eigenvalue weighted by molar-refractivity contribution is 0.616. The van der Waals surface area contributed by atoms with Crippen LogP contribution in [-0.4, -0.2) is 36.4 Å². The minimum absolute atomic E-state index is 0.523. The number of benzene rings is 2. The molecule has 1 aliphatic rings. The van der Waals surface area contributed by atoms with Crippen molar-refractivity contribution in [1.29, 1.82) is 0 Å². The third-order valence-electron chi connectivity index (χ3n) is 4.93. The summed E-state index contributed by atoms with van der Waals surface area (Å²) < 4.78 is 0. The van der Waals surface area contributed by atoms with Gasteiger partial charge in [-0.15, -0.1) is 5.10 Å². The van der Waals surface area contributed by atoms with Crippen molar-refractivity contribution >= 4 is 28.2 Å². The molecule has 0 spiro atoms. The first-order chi connectivity index (χ1) is 12.2. The summed E-state index contributed by atoms with van der Waals surface area (Å²) in [5.74, 6) is 0.994. The molecule has 1 fully saturated rings. The molecule has 0 bridgehead atoms. The number of hydrogen-bond donors (Lipinski definition) is 1. The molecule has 5 heteroatoms. The van der Waals surface area contributed by atoms with E-state index in [2.05, 4.69) is 44.7 Å². The van der Waals surface area contributed by atoms with Crippen molar-refractivity contribution in [2.75, 3.05) is 25.0 Å². The maximum absolute atomic E-state index is 5.99. The number of nitrogens with one attached hydrogen (secondary N) is 1. The Balaban J connectivity index is 1.70. The van der Waals surface area contributed by atoms with Gasteiger partial charge in [0.2, 0.25) is 0 Å². The summed E-state index contributed by atoms with van der Waals surface area (Å²) in [7, 11) is 2.02. The van der Waals surface area contributed by atoms with Crippen molar-refractivity contribution in [3.63, 3.8) is 0 Å². The maximum atomic E-state index is 5.99. The minimum Gasteiger partial charge on any atom is -0.353 e. The highest BCUT2D eigenvalue weighted by molar-refractivity contribution is 6.30. The second kappa shape index (κ2) is 6.98. The van der Waals surface area contributed by atoms with Gasteiger partial charge in [-0.1, -0.05) is 48.0 Å². The Bertz CT molecular complexity index is 879. The van der Waals surface area contributed by atoms with Crippen molar-refractivity contribution in [2.24, 2.45) is 0 Å². The van der Waals surface area contributed by atoms with E-state index in [1.54, 1.807) is 0 Å². The largest absolute Gasteiger partial charge is 0.353 e. The van der Waals surface area contributed by atoms with Gasteiger partial charge in [0, 0.05) is 41.3 Å². The normalized spacial score (nSPS) is 17.4. The fraction of sp³-hybridized carbons (Fsp3) is 0.300. The monoisotopic (exact) mass is 352 g/mol. The SMILES string of the molecule is CNC1CCN(c2nnc(Cc3ccc(Cl)cc3)c3ccccc23)C1. The van der Waals surface area contributed by atoms with Gasteiger partial charge in [0.1, 0.15) is 0 Å². The Hall–Kier alpha value is -2.17. The quantitative estimate of drug-likeness (QED) is 0.777. The zero-order valence-electron chi connectivity index (χ0n) is 14.2. The average molecular weight is 353 g/mol. The molecule has 1 unspecified atom stereocenters. The summed E-state index contributed by atoms with van der Waals surface area (Å²) in [5, 5.41) is 15.6. The van der Waals surface area contributed by atoms with E-state index in [-0.39, 0.29) is 0 Å². The Morgan fingerprint density at radius 2 is 1.84 bits per heavy atom. The van der Waals surface area contributed by atoms with Crippen molar-refractivity contribution < 1.29 is 0 Å². The highest BCUT2D eigenvalue weighted by Crippen LogP contribution is 2.29. The third-order valence-corrected chi connectivity index (χ3v) is 5.18. The number of halogens is 1. The van der Waals surface area contributed by atoms with Crippen LogP contribution in [0.25, 0.3) is 10.8 Å². The molecular formula is C20H21ClN4. The number of nitrogens with zero attached hydrogens (tertiary/aromatic N) is 3. The van der Waals surface area contributed by atoms with E-state index in [1.807, 2.05) is 31.3 Å². The van der Waals surface area contributed by atoms with Crippen molar-refractivity contribution in [3.8, 4) is 0 Å². The van der Waals surface area contributed by atoms with Gasteiger partial charge in [-0.05, 0) is 31.2 Å². The molecule has 3 aromatic rings. The summed E-state index contributed by atoms with van der Waals surface area (Å²) in [5.41, 5.74) is 2.19. The van der Waals surface area contributed by atoms with E-state index in [1.165, 1.54) is 16.3 Å². The van der Waals surface area contributed by atoms with Gasteiger partial charge < -0.3 is 10.2 Å². The van der Waals surface area contributed by atoms with Crippen molar-refractivity contribution in [1.82, 2.24) is 15.5 Å². The first-order valence-electron chi connectivity index (χ1n) is 8.65. The van der Waals surface area contributed by atoms with Gasteiger partial charge in [0.25, 0.3) is 0 Å². The summed E-state index contributed by atoms with van der Waals surface area (Å²) in [4.78, 5) is 2.34. The lowest BCUT2D eigenvalue weighted by Crippen LogP contribution is -2.30. The molecule has 0 radical (unpaired) electrons. The number of likely N-dealkylation sites (N-methyl/N-ethyl adjacent to an activating group) is 1. The molecule has 128 valence electrons. The molecule has 0 aliphatic carbocycles. The molecule has 2 heterocycles. The average Bonchev–Trinajstić information content (AvgIpc) is 3.13. The maximum Gasteiger partial charge on any atom is 0.159 e. The molecule has 1 atom stereocenters. The third kappa shape index (κ3) is 3.32. The Morgan fingerprint density at radius 3 is 2.56 bits per heavy atom. The summed E-state index contributed by atoms with van der Waals surface area (Å²) in [6.45, 7) is 1.99. The lowest BCUT2D eigenvalue weighted by Gasteiger charge is -2.19. The van der Waals surface area contributed by atoms with Gasteiger partial charge in [0.05, 0.1) is 5.69 Å². The number of fused-ring (bicyclic) bond motifs is 1. The van der Waals surface area contributed by atoms with E-state index >= 15 is 0 Å². The summed E-state index contributed by atoms with van der Waals surface area (Å²) in [6, 6.07) is 16.9. The standard InChI is InChI=1S/C20H21ClN4/c1-22-16-10-11-25(13-16)20-18-5-3-2-4-17(18)19(23-24-20)12-14-6-8-15(21)9-7-14/h2-9,16,22H,10-13H2,1H3.